The minimum atomic E-state index is -1.16. The zero-order chi connectivity index (χ0) is 14.6. The van der Waals surface area contributed by atoms with Gasteiger partial charge in [0.1, 0.15) is 17.5 Å². The Kier molecular flexibility index (Phi) is 4.66. The summed E-state index contributed by atoms with van der Waals surface area (Å²) < 4.78 is 5.02. The summed E-state index contributed by atoms with van der Waals surface area (Å²) in [6, 6.07) is 2.93. The van der Waals surface area contributed by atoms with E-state index in [0.717, 1.165) is 0 Å². The average Bonchev–Trinajstić information content (AvgIpc) is 2.32. The van der Waals surface area contributed by atoms with E-state index in [4.69, 9.17) is 15.6 Å². The molecule has 0 heterocycles. The van der Waals surface area contributed by atoms with Crippen molar-refractivity contribution in [1.29, 1.82) is 0 Å². The molecule has 1 aromatic rings. The van der Waals surface area contributed by atoms with Gasteiger partial charge in [-0.2, -0.15) is 0 Å². The van der Waals surface area contributed by atoms with Crippen molar-refractivity contribution in [1.82, 2.24) is 0 Å². The van der Waals surface area contributed by atoms with Gasteiger partial charge in [0.15, 0.2) is 0 Å². The van der Waals surface area contributed by atoms with Crippen LogP contribution in [0.15, 0.2) is 30.4 Å². The molecule has 0 amide bonds. The summed E-state index contributed by atoms with van der Waals surface area (Å²) in [4.78, 5) is 22.2. The third-order valence-corrected chi connectivity index (χ3v) is 2.36. The summed E-state index contributed by atoms with van der Waals surface area (Å²) in [5.41, 5.74) is 6.04. The Labute approximate surface area is 110 Å². The number of ether oxygens (including phenoxy) is 1. The lowest BCUT2D eigenvalue weighted by Gasteiger charge is -2.12. The van der Waals surface area contributed by atoms with E-state index in [0.29, 0.717) is 5.56 Å². The summed E-state index contributed by atoms with van der Waals surface area (Å²) in [5.74, 6) is -1.84. The highest BCUT2D eigenvalue weighted by Gasteiger charge is 2.17. The van der Waals surface area contributed by atoms with Gasteiger partial charge in [0.25, 0.3) is 0 Å². The normalized spacial score (nSPS) is 11.7. The van der Waals surface area contributed by atoms with Crippen molar-refractivity contribution in [3.05, 3.63) is 35.9 Å². The molecule has 4 N–H and O–H groups in total. The molecule has 0 saturated carbocycles. The van der Waals surface area contributed by atoms with Gasteiger partial charge < -0.3 is 20.7 Å². The van der Waals surface area contributed by atoms with E-state index >= 15 is 0 Å². The monoisotopic (exact) mass is 265 g/mol. The lowest BCUT2D eigenvalue weighted by atomic mass is 10.1. The molecule has 102 valence electrons. The molecule has 19 heavy (non-hydrogen) atoms. The molecule has 1 aromatic carbocycles. The number of hydrogen-bond acceptors (Lipinski definition) is 5. The van der Waals surface area contributed by atoms with Crippen LogP contribution in [0.25, 0.3) is 0 Å². The largest absolute Gasteiger partial charge is 0.508 e. The van der Waals surface area contributed by atoms with E-state index in [1.165, 1.54) is 25.1 Å². The Morgan fingerprint density at radius 2 is 2.11 bits per heavy atom. The second-order valence-corrected chi connectivity index (χ2v) is 4.11. The Balaban J connectivity index is 3.01. The molecule has 0 bridgehead atoms. The van der Waals surface area contributed by atoms with Crippen LogP contribution in [0.4, 0.5) is 0 Å². The molecule has 0 aliphatic carbocycles. The molecule has 1 atom stereocenters. The zero-order valence-electron chi connectivity index (χ0n) is 10.4. The lowest BCUT2D eigenvalue weighted by molar-refractivity contribution is -0.138. The molecule has 0 aliphatic heterocycles. The number of benzene rings is 1. The van der Waals surface area contributed by atoms with Crippen molar-refractivity contribution in [2.45, 2.75) is 19.4 Å². The Hall–Kier alpha value is -2.34. The number of aromatic hydroxyl groups is 1. The Morgan fingerprint density at radius 1 is 1.47 bits per heavy atom. The molecule has 0 aliphatic rings. The smallest absolute Gasteiger partial charge is 0.338 e. The number of phenols is 1. The van der Waals surface area contributed by atoms with Crippen molar-refractivity contribution in [3.8, 4) is 11.5 Å². The van der Waals surface area contributed by atoms with E-state index in [2.05, 4.69) is 6.58 Å². The van der Waals surface area contributed by atoms with Gasteiger partial charge in [0.05, 0.1) is 0 Å². The van der Waals surface area contributed by atoms with Gasteiger partial charge >= 0.3 is 11.9 Å². The molecule has 1 rings (SSSR count). The minimum absolute atomic E-state index is 0.0194. The maximum atomic E-state index is 11.4. The van der Waals surface area contributed by atoms with Crippen LogP contribution in [0.3, 0.4) is 0 Å². The van der Waals surface area contributed by atoms with Crippen molar-refractivity contribution in [2.24, 2.45) is 5.73 Å². The van der Waals surface area contributed by atoms with E-state index in [1.54, 1.807) is 0 Å². The van der Waals surface area contributed by atoms with Gasteiger partial charge in [0.2, 0.25) is 0 Å². The highest BCUT2D eigenvalue weighted by molar-refractivity contribution is 5.89. The molecule has 0 aromatic heterocycles. The molecule has 0 saturated heterocycles. The topological polar surface area (TPSA) is 110 Å². The number of esters is 1. The molecule has 6 heteroatoms. The van der Waals surface area contributed by atoms with E-state index in [9.17, 15) is 14.7 Å². The first-order chi connectivity index (χ1) is 8.81. The summed E-state index contributed by atoms with van der Waals surface area (Å²) in [7, 11) is 0. The first-order valence-corrected chi connectivity index (χ1v) is 5.49. The molecule has 6 nitrogen and oxygen atoms in total. The van der Waals surface area contributed by atoms with Crippen molar-refractivity contribution < 1.29 is 24.5 Å². The lowest BCUT2D eigenvalue weighted by Crippen LogP contribution is -2.32. The maximum Gasteiger partial charge on any atom is 0.338 e. The second kappa shape index (κ2) is 6.01. The van der Waals surface area contributed by atoms with E-state index < -0.39 is 18.0 Å². The third-order valence-electron chi connectivity index (χ3n) is 2.36. The molecular formula is C13H15NO5. The minimum Gasteiger partial charge on any atom is -0.508 e. The van der Waals surface area contributed by atoms with Crippen LogP contribution in [0.2, 0.25) is 0 Å². The van der Waals surface area contributed by atoms with E-state index in [1.807, 2.05) is 0 Å². The van der Waals surface area contributed by atoms with Gasteiger partial charge in [-0.05, 0) is 18.6 Å². The van der Waals surface area contributed by atoms with Crippen LogP contribution in [0, 0.1) is 0 Å². The Bertz CT molecular complexity index is 524. The predicted octanol–water partition coefficient (Wildman–Crippen LogP) is 0.828. The van der Waals surface area contributed by atoms with Gasteiger partial charge in [-0.25, -0.2) is 4.79 Å². The highest BCUT2D eigenvalue weighted by atomic mass is 16.5. The van der Waals surface area contributed by atoms with Crippen molar-refractivity contribution in [3.63, 3.8) is 0 Å². The fourth-order valence-corrected chi connectivity index (χ4v) is 1.32. The predicted molar refractivity (Wildman–Crippen MR) is 67.9 cm³/mol. The molecule has 0 unspecified atom stereocenters. The van der Waals surface area contributed by atoms with Gasteiger partial charge in [-0.15, -0.1) is 0 Å². The number of hydrogen-bond donors (Lipinski definition) is 3. The number of carboxylic acids is 1. The van der Waals surface area contributed by atoms with Crippen LogP contribution < -0.4 is 10.5 Å². The van der Waals surface area contributed by atoms with Gasteiger partial charge in [0, 0.05) is 18.1 Å². The highest BCUT2D eigenvalue weighted by Crippen LogP contribution is 2.25. The molecule has 0 spiro atoms. The zero-order valence-corrected chi connectivity index (χ0v) is 10.4. The standard InChI is InChI=1S/C13H15NO5/c1-7(2)13(18)19-11-6-9(15)4-3-8(11)5-10(14)12(16)17/h3-4,6,10,15H,1,5,14H2,2H3,(H,16,17)/t10-/m0/s1. The molecular weight excluding hydrogens is 250 g/mol. The van der Waals surface area contributed by atoms with Crippen LogP contribution in [0.5, 0.6) is 11.5 Å². The van der Waals surface area contributed by atoms with E-state index in [-0.39, 0.29) is 23.5 Å². The van der Waals surface area contributed by atoms with Crippen LogP contribution >= 0.6 is 0 Å². The van der Waals surface area contributed by atoms with Crippen LogP contribution in [0.1, 0.15) is 12.5 Å². The number of aliphatic carboxylic acids is 1. The van der Waals surface area contributed by atoms with Gasteiger partial charge in [-0.3, -0.25) is 4.79 Å². The quantitative estimate of drug-likeness (QED) is 0.413. The van der Waals surface area contributed by atoms with Crippen LogP contribution in [-0.4, -0.2) is 28.2 Å². The summed E-state index contributed by atoms with van der Waals surface area (Å²) >= 11 is 0. The molecule has 0 radical (unpaired) electrons. The average molecular weight is 265 g/mol. The number of nitrogens with two attached hydrogens (primary N) is 1. The molecule has 0 fully saturated rings. The third kappa shape index (κ3) is 4.11. The van der Waals surface area contributed by atoms with Crippen molar-refractivity contribution in [2.75, 3.05) is 0 Å². The Morgan fingerprint density at radius 3 is 2.63 bits per heavy atom. The summed E-state index contributed by atoms with van der Waals surface area (Å²) in [5, 5.41) is 18.1. The SMILES string of the molecule is C=C(C)C(=O)Oc1cc(O)ccc1C[C@H](N)C(=O)O. The maximum absolute atomic E-state index is 11.4. The summed E-state index contributed by atoms with van der Waals surface area (Å²) in [6.45, 7) is 4.92. The number of carbonyl (C=O) groups is 2. The number of carbonyl (C=O) groups excluding carboxylic acids is 1. The fourth-order valence-electron chi connectivity index (χ4n) is 1.32. The van der Waals surface area contributed by atoms with Crippen molar-refractivity contribution >= 4 is 11.9 Å². The number of phenolic OH excluding ortho intramolecular Hbond substituents is 1. The number of rotatable bonds is 5. The number of carboxylic acid groups (broad SMARTS) is 1. The van der Waals surface area contributed by atoms with Gasteiger partial charge in [-0.1, -0.05) is 12.6 Å². The fraction of sp³-hybridized carbons (Fsp3) is 0.231. The summed E-state index contributed by atoms with van der Waals surface area (Å²) in [6.07, 6.45) is -0.0194. The first-order valence-electron chi connectivity index (χ1n) is 5.49. The first kappa shape index (κ1) is 14.7. The second-order valence-electron chi connectivity index (χ2n) is 4.11. The van der Waals surface area contributed by atoms with Crippen LogP contribution in [-0.2, 0) is 16.0 Å².